The van der Waals surface area contributed by atoms with Gasteiger partial charge in [0.15, 0.2) is 5.65 Å². The lowest BCUT2D eigenvalue weighted by Crippen LogP contribution is -2.33. The number of anilines is 1. The quantitative estimate of drug-likeness (QED) is 0.878. The van der Waals surface area contributed by atoms with Crippen molar-refractivity contribution < 1.29 is 5.11 Å². The number of pyridine rings is 2. The number of hydrogen-bond acceptors (Lipinski definition) is 4. The first kappa shape index (κ1) is 14.5. The van der Waals surface area contributed by atoms with Crippen LogP contribution in [-0.2, 0) is 0 Å². The Bertz CT molecular complexity index is 659. The van der Waals surface area contributed by atoms with E-state index in [-0.39, 0.29) is 11.5 Å². The summed E-state index contributed by atoms with van der Waals surface area (Å²) in [6.07, 6.45) is 3.04. The number of aliphatic hydroxyl groups is 1. The van der Waals surface area contributed by atoms with Crippen LogP contribution in [0.25, 0.3) is 11.0 Å². The number of nitrogens with zero attached hydrogens (tertiary/aromatic N) is 3. The standard InChI is InChI=1S/C16H20ClN3O/c1-16(2)9-11(21)5-7-20(10-16)14-8-13(17)12-4-3-6-18-15(12)19-14/h3-4,6,8,11,21H,5,7,9-10H2,1-2H3. The van der Waals surface area contributed by atoms with E-state index in [4.69, 9.17) is 11.6 Å². The van der Waals surface area contributed by atoms with Crippen molar-refractivity contribution in [3.8, 4) is 0 Å². The van der Waals surface area contributed by atoms with E-state index in [0.29, 0.717) is 10.7 Å². The van der Waals surface area contributed by atoms with E-state index < -0.39 is 0 Å². The van der Waals surface area contributed by atoms with Crippen LogP contribution in [0.5, 0.6) is 0 Å². The van der Waals surface area contributed by atoms with Crippen molar-refractivity contribution >= 4 is 28.5 Å². The van der Waals surface area contributed by atoms with Crippen molar-refractivity contribution in [2.45, 2.75) is 32.8 Å². The molecule has 1 aliphatic heterocycles. The summed E-state index contributed by atoms with van der Waals surface area (Å²) >= 11 is 6.37. The molecule has 5 heteroatoms. The van der Waals surface area contributed by atoms with Crippen LogP contribution in [0, 0.1) is 5.41 Å². The zero-order valence-electron chi connectivity index (χ0n) is 12.4. The predicted octanol–water partition coefficient (Wildman–Crippen LogP) is 3.27. The fourth-order valence-corrected chi connectivity index (χ4v) is 3.31. The number of fused-ring (bicyclic) bond motifs is 1. The van der Waals surface area contributed by atoms with Gasteiger partial charge in [-0.2, -0.15) is 0 Å². The van der Waals surface area contributed by atoms with Gasteiger partial charge >= 0.3 is 0 Å². The number of rotatable bonds is 1. The normalized spacial score (nSPS) is 22.3. The molecule has 1 atom stereocenters. The van der Waals surface area contributed by atoms with E-state index in [1.807, 2.05) is 18.2 Å². The number of aromatic nitrogens is 2. The Hall–Kier alpha value is -1.39. The molecule has 0 spiro atoms. The largest absolute Gasteiger partial charge is 0.393 e. The lowest BCUT2D eigenvalue weighted by molar-refractivity contribution is 0.123. The smallest absolute Gasteiger partial charge is 0.163 e. The minimum Gasteiger partial charge on any atom is -0.393 e. The lowest BCUT2D eigenvalue weighted by atomic mass is 9.87. The summed E-state index contributed by atoms with van der Waals surface area (Å²) in [5.41, 5.74) is 0.714. The second-order valence-electron chi connectivity index (χ2n) is 6.57. The number of halogens is 1. The van der Waals surface area contributed by atoms with Gasteiger partial charge in [-0.1, -0.05) is 25.4 Å². The van der Waals surface area contributed by atoms with Crippen molar-refractivity contribution in [1.82, 2.24) is 9.97 Å². The van der Waals surface area contributed by atoms with Crippen LogP contribution in [-0.4, -0.2) is 34.3 Å². The van der Waals surface area contributed by atoms with Crippen LogP contribution in [0.15, 0.2) is 24.4 Å². The highest BCUT2D eigenvalue weighted by Gasteiger charge is 2.30. The molecule has 1 unspecified atom stereocenters. The van der Waals surface area contributed by atoms with Gasteiger partial charge in [0.2, 0.25) is 0 Å². The average Bonchev–Trinajstić information content (AvgIpc) is 2.56. The average molecular weight is 306 g/mol. The Morgan fingerprint density at radius 1 is 1.43 bits per heavy atom. The molecule has 0 radical (unpaired) electrons. The summed E-state index contributed by atoms with van der Waals surface area (Å²) in [5.74, 6) is 0.841. The highest BCUT2D eigenvalue weighted by molar-refractivity contribution is 6.35. The highest BCUT2D eigenvalue weighted by Crippen LogP contribution is 2.32. The monoisotopic (exact) mass is 305 g/mol. The van der Waals surface area contributed by atoms with Crippen LogP contribution < -0.4 is 4.90 Å². The van der Waals surface area contributed by atoms with Gasteiger partial charge in [0.1, 0.15) is 5.82 Å². The Labute approximate surface area is 129 Å². The van der Waals surface area contributed by atoms with Crippen molar-refractivity contribution in [2.75, 3.05) is 18.0 Å². The fourth-order valence-electron chi connectivity index (χ4n) is 3.07. The summed E-state index contributed by atoms with van der Waals surface area (Å²) in [6, 6.07) is 5.69. The molecule has 3 heterocycles. The Morgan fingerprint density at radius 2 is 2.24 bits per heavy atom. The lowest BCUT2D eigenvalue weighted by Gasteiger charge is -2.30. The summed E-state index contributed by atoms with van der Waals surface area (Å²) in [6.45, 7) is 5.99. The minimum absolute atomic E-state index is 0.0448. The first-order chi connectivity index (χ1) is 9.94. The molecular formula is C16H20ClN3O. The Kier molecular flexibility index (Phi) is 3.76. The van der Waals surface area contributed by atoms with Gasteiger partial charge in [-0.15, -0.1) is 0 Å². The molecule has 0 amide bonds. The Morgan fingerprint density at radius 3 is 3.05 bits per heavy atom. The Balaban J connectivity index is 1.99. The topological polar surface area (TPSA) is 49.2 Å². The molecule has 21 heavy (non-hydrogen) atoms. The third-order valence-electron chi connectivity index (χ3n) is 3.98. The van der Waals surface area contributed by atoms with Crippen molar-refractivity contribution in [1.29, 1.82) is 0 Å². The van der Waals surface area contributed by atoms with E-state index in [1.165, 1.54) is 0 Å². The summed E-state index contributed by atoms with van der Waals surface area (Å²) in [5, 5.41) is 11.6. The maximum atomic E-state index is 10.0. The third-order valence-corrected chi connectivity index (χ3v) is 4.30. The molecule has 2 aromatic heterocycles. The third kappa shape index (κ3) is 3.11. The van der Waals surface area contributed by atoms with Crippen LogP contribution in [0.2, 0.25) is 5.02 Å². The maximum Gasteiger partial charge on any atom is 0.163 e. The zero-order chi connectivity index (χ0) is 15.0. The molecule has 1 saturated heterocycles. The number of aliphatic hydroxyl groups excluding tert-OH is 1. The first-order valence-corrected chi connectivity index (χ1v) is 7.67. The molecule has 0 aliphatic carbocycles. The second-order valence-corrected chi connectivity index (χ2v) is 6.98. The molecule has 3 rings (SSSR count). The SMILES string of the molecule is CC1(C)CC(O)CCN(c2cc(Cl)c3cccnc3n2)C1. The predicted molar refractivity (Wildman–Crippen MR) is 85.8 cm³/mol. The van der Waals surface area contributed by atoms with Crippen molar-refractivity contribution in [2.24, 2.45) is 5.41 Å². The first-order valence-electron chi connectivity index (χ1n) is 7.29. The molecule has 0 bridgehead atoms. The minimum atomic E-state index is -0.251. The molecule has 4 nitrogen and oxygen atoms in total. The molecule has 1 N–H and O–H groups in total. The van der Waals surface area contributed by atoms with E-state index >= 15 is 0 Å². The fraction of sp³-hybridized carbons (Fsp3) is 0.500. The van der Waals surface area contributed by atoms with Gasteiger partial charge in [-0.3, -0.25) is 0 Å². The molecule has 0 saturated carbocycles. The van der Waals surface area contributed by atoms with E-state index in [1.54, 1.807) is 6.20 Å². The van der Waals surface area contributed by atoms with Crippen LogP contribution >= 0.6 is 11.6 Å². The van der Waals surface area contributed by atoms with Gasteiger partial charge in [0.25, 0.3) is 0 Å². The molecule has 0 aromatic carbocycles. The molecule has 1 fully saturated rings. The van der Waals surface area contributed by atoms with Crippen LogP contribution in [0.4, 0.5) is 5.82 Å². The highest BCUT2D eigenvalue weighted by atomic mass is 35.5. The molecule has 2 aromatic rings. The van der Waals surface area contributed by atoms with E-state index in [0.717, 1.165) is 37.1 Å². The second kappa shape index (κ2) is 5.43. The van der Waals surface area contributed by atoms with Crippen molar-refractivity contribution in [3.05, 3.63) is 29.4 Å². The molecule has 112 valence electrons. The molecular weight excluding hydrogens is 286 g/mol. The van der Waals surface area contributed by atoms with Gasteiger partial charge < -0.3 is 10.0 Å². The van der Waals surface area contributed by atoms with E-state index in [2.05, 4.69) is 28.7 Å². The van der Waals surface area contributed by atoms with E-state index in [9.17, 15) is 5.11 Å². The van der Waals surface area contributed by atoms with Crippen molar-refractivity contribution in [3.63, 3.8) is 0 Å². The summed E-state index contributed by atoms with van der Waals surface area (Å²) < 4.78 is 0. The van der Waals surface area contributed by atoms with Crippen LogP contribution in [0.1, 0.15) is 26.7 Å². The number of hydrogen-bond donors (Lipinski definition) is 1. The van der Waals surface area contributed by atoms with Crippen LogP contribution in [0.3, 0.4) is 0 Å². The van der Waals surface area contributed by atoms with Gasteiger partial charge in [0, 0.05) is 30.7 Å². The summed E-state index contributed by atoms with van der Waals surface area (Å²) in [4.78, 5) is 11.1. The van der Waals surface area contributed by atoms with Gasteiger partial charge in [-0.05, 0) is 30.4 Å². The molecule has 1 aliphatic rings. The van der Waals surface area contributed by atoms with Gasteiger partial charge in [0.05, 0.1) is 11.1 Å². The summed E-state index contributed by atoms with van der Waals surface area (Å²) in [7, 11) is 0. The van der Waals surface area contributed by atoms with Gasteiger partial charge in [-0.25, -0.2) is 9.97 Å². The zero-order valence-corrected chi connectivity index (χ0v) is 13.1. The maximum absolute atomic E-state index is 10.0.